The molecule has 6 heteroatoms. The first-order valence-corrected chi connectivity index (χ1v) is 8.48. The highest BCUT2D eigenvalue weighted by molar-refractivity contribution is 6.01. The summed E-state index contributed by atoms with van der Waals surface area (Å²) >= 11 is 0. The number of ether oxygens (including phenoxy) is 1. The molecule has 0 amide bonds. The zero-order chi connectivity index (χ0) is 19.0. The van der Waals surface area contributed by atoms with Crippen molar-refractivity contribution >= 4 is 17.2 Å². The number of carbonyl (C=O) groups excluding carboxylic acids is 1. The van der Waals surface area contributed by atoms with Gasteiger partial charge in [0.05, 0.1) is 12.6 Å². The summed E-state index contributed by atoms with van der Waals surface area (Å²) in [6.45, 7) is 1.53. The maximum Gasteiger partial charge on any atom is 0.222 e. The molecule has 0 atom stereocenters. The van der Waals surface area contributed by atoms with Crippen molar-refractivity contribution < 1.29 is 9.53 Å². The van der Waals surface area contributed by atoms with E-state index < -0.39 is 0 Å². The normalized spacial score (nSPS) is 10.9. The number of fused-ring (bicyclic) bond motifs is 1. The van der Waals surface area contributed by atoms with Crippen molar-refractivity contribution in [1.82, 2.24) is 14.6 Å². The molecule has 0 aliphatic heterocycles. The van der Waals surface area contributed by atoms with Crippen LogP contribution in [0.4, 0.5) is 5.95 Å². The minimum Gasteiger partial charge on any atom is -0.497 e. The van der Waals surface area contributed by atoms with Gasteiger partial charge in [-0.2, -0.15) is 9.61 Å². The Labute approximate surface area is 156 Å². The number of nitrogens with zero attached hydrogens (tertiary/aromatic N) is 3. The maximum atomic E-state index is 12.4. The number of Topliss-reactive ketones (excluding diaryl/α,β-unsaturated/α-hetero) is 1. The predicted molar refractivity (Wildman–Crippen MR) is 105 cm³/mol. The van der Waals surface area contributed by atoms with Crippen LogP contribution in [0.5, 0.6) is 5.75 Å². The Morgan fingerprint density at radius 1 is 1.00 bits per heavy atom. The number of imidazole rings is 1. The molecule has 0 fully saturated rings. The summed E-state index contributed by atoms with van der Waals surface area (Å²) in [7, 11) is 1.60. The minimum absolute atomic E-state index is 0.0818. The highest BCUT2D eigenvalue weighted by Crippen LogP contribution is 2.31. The molecule has 4 rings (SSSR count). The van der Waals surface area contributed by atoms with Crippen LogP contribution in [0.25, 0.3) is 28.0 Å². The first-order chi connectivity index (χ1) is 13.1. The molecule has 2 aromatic heterocycles. The maximum absolute atomic E-state index is 12.4. The van der Waals surface area contributed by atoms with E-state index in [1.165, 1.54) is 6.92 Å². The van der Waals surface area contributed by atoms with E-state index in [0.717, 1.165) is 11.1 Å². The molecule has 0 saturated heterocycles. The van der Waals surface area contributed by atoms with Gasteiger partial charge in [0.15, 0.2) is 5.78 Å². The Kier molecular flexibility index (Phi) is 4.08. The summed E-state index contributed by atoms with van der Waals surface area (Å²) in [5, 5.41) is 4.64. The van der Waals surface area contributed by atoms with Crippen LogP contribution in [0.15, 0.2) is 60.7 Å². The first-order valence-electron chi connectivity index (χ1n) is 8.48. The molecule has 0 saturated carbocycles. The van der Waals surface area contributed by atoms with Gasteiger partial charge in [-0.15, -0.1) is 0 Å². The molecule has 0 bridgehead atoms. The molecule has 2 heterocycles. The van der Waals surface area contributed by atoms with Gasteiger partial charge in [0, 0.05) is 16.7 Å². The van der Waals surface area contributed by atoms with Crippen molar-refractivity contribution in [2.75, 3.05) is 12.8 Å². The lowest BCUT2D eigenvalue weighted by Gasteiger charge is -2.10. The molecule has 0 radical (unpaired) electrons. The van der Waals surface area contributed by atoms with E-state index in [2.05, 4.69) is 10.1 Å². The Balaban J connectivity index is 2.00. The summed E-state index contributed by atoms with van der Waals surface area (Å²) in [6, 6.07) is 18.9. The molecule has 4 aromatic rings. The lowest BCUT2D eigenvalue weighted by atomic mass is 10.0. The van der Waals surface area contributed by atoms with Gasteiger partial charge < -0.3 is 10.5 Å². The van der Waals surface area contributed by atoms with E-state index in [1.807, 2.05) is 54.6 Å². The zero-order valence-electron chi connectivity index (χ0n) is 15.0. The molecular formula is C21H18N4O2. The van der Waals surface area contributed by atoms with Gasteiger partial charge >= 0.3 is 0 Å². The molecule has 6 nitrogen and oxygen atoms in total. The first kappa shape index (κ1) is 16.8. The van der Waals surface area contributed by atoms with Crippen molar-refractivity contribution in [3.63, 3.8) is 0 Å². The molecule has 0 unspecified atom stereocenters. The average Bonchev–Trinajstić information content (AvgIpc) is 3.03. The zero-order valence-corrected chi connectivity index (χ0v) is 15.0. The third-order valence-corrected chi connectivity index (χ3v) is 4.42. The molecule has 134 valence electrons. The largest absolute Gasteiger partial charge is 0.497 e. The third-order valence-electron chi connectivity index (χ3n) is 4.42. The molecule has 0 aliphatic rings. The van der Waals surface area contributed by atoms with Crippen molar-refractivity contribution in [1.29, 1.82) is 0 Å². The van der Waals surface area contributed by atoms with Crippen LogP contribution in [0.1, 0.15) is 17.3 Å². The third kappa shape index (κ3) is 2.91. The fraction of sp³-hybridized carbons (Fsp3) is 0.0952. The molecular weight excluding hydrogens is 340 g/mol. The molecule has 27 heavy (non-hydrogen) atoms. The Morgan fingerprint density at radius 2 is 1.74 bits per heavy atom. The topological polar surface area (TPSA) is 82.5 Å². The van der Waals surface area contributed by atoms with Crippen LogP contribution in [0, 0.1) is 0 Å². The number of anilines is 1. The second kappa shape index (κ2) is 6.57. The Bertz CT molecular complexity index is 1150. The second-order valence-electron chi connectivity index (χ2n) is 6.18. The standard InChI is InChI=1S/C21H18N4O2/c1-13(26)17-12-18-20(14-7-4-3-5-8-14)23-21(22)25(18)24-19(17)15-9-6-10-16(11-15)27-2/h3-12H,1-2H3,(H2,22,23). The average molecular weight is 358 g/mol. The van der Waals surface area contributed by atoms with E-state index in [1.54, 1.807) is 17.7 Å². The van der Waals surface area contributed by atoms with Gasteiger partial charge in [-0.3, -0.25) is 4.79 Å². The predicted octanol–water partition coefficient (Wildman–Crippen LogP) is 3.86. The van der Waals surface area contributed by atoms with Gasteiger partial charge in [-0.25, -0.2) is 4.98 Å². The number of nitrogens with two attached hydrogens (primary N) is 1. The quantitative estimate of drug-likeness (QED) is 0.560. The van der Waals surface area contributed by atoms with Crippen LogP contribution in [0.3, 0.4) is 0 Å². The lowest BCUT2D eigenvalue weighted by Crippen LogP contribution is -2.06. The van der Waals surface area contributed by atoms with E-state index in [4.69, 9.17) is 10.5 Å². The molecule has 2 aromatic carbocycles. The van der Waals surface area contributed by atoms with E-state index in [9.17, 15) is 4.79 Å². The minimum atomic E-state index is -0.0818. The number of ketones is 1. The van der Waals surface area contributed by atoms with Crippen molar-refractivity contribution in [3.8, 4) is 28.3 Å². The molecule has 0 spiro atoms. The van der Waals surface area contributed by atoms with E-state index in [0.29, 0.717) is 28.2 Å². The van der Waals surface area contributed by atoms with Gasteiger partial charge in [0.2, 0.25) is 5.95 Å². The Hall–Kier alpha value is -3.67. The number of carbonyl (C=O) groups is 1. The number of benzene rings is 2. The fourth-order valence-electron chi connectivity index (χ4n) is 3.10. The lowest BCUT2D eigenvalue weighted by molar-refractivity contribution is 0.101. The summed E-state index contributed by atoms with van der Waals surface area (Å²) in [4.78, 5) is 16.8. The van der Waals surface area contributed by atoms with Gasteiger partial charge in [0.25, 0.3) is 0 Å². The van der Waals surface area contributed by atoms with Crippen molar-refractivity contribution in [2.45, 2.75) is 6.92 Å². The van der Waals surface area contributed by atoms with Crippen molar-refractivity contribution in [3.05, 3.63) is 66.2 Å². The smallest absolute Gasteiger partial charge is 0.222 e. The number of hydrogen-bond donors (Lipinski definition) is 1. The summed E-state index contributed by atoms with van der Waals surface area (Å²) in [5.74, 6) is 0.872. The molecule has 0 aliphatic carbocycles. The number of methoxy groups -OCH3 is 1. The number of rotatable bonds is 4. The number of nitrogen functional groups attached to an aromatic ring is 1. The summed E-state index contributed by atoms with van der Waals surface area (Å²) in [6.07, 6.45) is 0. The van der Waals surface area contributed by atoms with Crippen LogP contribution in [-0.2, 0) is 0 Å². The highest BCUT2D eigenvalue weighted by Gasteiger charge is 2.19. The summed E-state index contributed by atoms with van der Waals surface area (Å²) in [5.41, 5.74) is 10.2. The van der Waals surface area contributed by atoms with Gasteiger partial charge in [-0.05, 0) is 25.1 Å². The van der Waals surface area contributed by atoms with E-state index >= 15 is 0 Å². The van der Waals surface area contributed by atoms with Gasteiger partial charge in [-0.1, -0.05) is 42.5 Å². The number of aromatic nitrogens is 3. The highest BCUT2D eigenvalue weighted by atomic mass is 16.5. The number of hydrogen-bond acceptors (Lipinski definition) is 5. The van der Waals surface area contributed by atoms with Crippen LogP contribution in [-0.4, -0.2) is 27.5 Å². The van der Waals surface area contributed by atoms with Crippen molar-refractivity contribution in [2.24, 2.45) is 0 Å². The van der Waals surface area contributed by atoms with Gasteiger partial charge in [0.1, 0.15) is 17.1 Å². The monoisotopic (exact) mass is 358 g/mol. The second-order valence-corrected chi connectivity index (χ2v) is 6.18. The SMILES string of the molecule is COc1cccc(-c2nn3c(N)nc(-c4ccccc4)c3cc2C(C)=O)c1. The molecule has 2 N–H and O–H groups in total. The van der Waals surface area contributed by atoms with E-state index in [-0.39, 0.29) is 11.7 Å². The van der Waals surface area contributed by atoms with Crippen LogP contribution in [0.2, 0.25) is 0 Å². The Morgan fingerprint density at radius 3 is 2.44 bits per heavy atom. The van der Waals surface area contributed by atoms with Crippen LogP contribution >= 0.6 is 0 Å². The fourth-order valence-corrected chi connectivity index (χ4v) is 3.10. The summed E-state index contributed by atoms with van der Waals surface area (Å²) < 4.78 is 6.87. The van der Waals surface area contributed by atoms with Crippen LogP contribution < -0.4 is 10.5 Å².